The van der Waals surface area contributed by atoms with Gasteiger partial charge in [0.25, 0.3) is 0 Å². The monoisotopic (exact) mass is 266 g/mol. The van der Waals surface area contributed by atoms with E-state index in [9.17, 15) is 0 Å². The van der Waals surface area contributed by atoms with Gasteiger partial charge in [-0.25, -0.2) is 0 Å². The summed E-state index contributed by atoms with van der Waals surface area (Å²) in [7, 11) is 0. The van der Waals surface area contributed by atoms with E-state index in [0.29, 0.717) is 24.9 Å². The van der Waals surface area contributed by atoms with Crippen molar-refractivity contribution >= 4 is 11.6 Å². The highest BCUT2D eigenvalue weighted by atomic mass is 35.5. The first-order valence-electron chi connectivity index (χ1n) is 6.88. The third-order valence-corrected chi connectivity index (χ3v) is 4.59. The number of halogens is 1. The van der Waals surface area contributed by atoms with Crippen LogP contribution in [0, 0.1) is 5.92 Å². The maximum atomic E-state index is 6.43. The van der Waals surface area contributed by atoms with Crippen molar-refractivity contribution in [2.45, 2.75) is 38.5 Å². The van der Waals surface area contributed by atoms with E-state index >= 15 is 0 Å². The van der Waals surface area contributed by atoms with Crippen LogP contribution in [-0.2, 0) is 12.8 Å². The molecule has 2 rings (SSSR count). The van der Waals surface area contributed by atoms with Gasteiger partial charge in [0.05, 0.1) is 0 Å². The molecule has 100 valence electrons. The molecule has 0 saturated carbocycles. The molecule has 0 amide bonds. The van der Waals surface area contributed by atoms with Crippen molar-refractivity contribution in [2.24, 2.45) is 17.4 Å². The van der Waals surface area contributed by atoms with Gasteiger partial charge in [-0.15, -0.1) is 0 Å². The molecular weight excluding hydrogens is 244 g/mol. The summed E-state index contributed by atoms with van der Waals surface area (Å²) in [6.45, 7) is 3.41. The number of nitrogens with two attached hydrogens (primary N) is 2. The molecule has 1 aromatic rings. The molecule has 0 saturated heterocycles. The Bertz CT molecular complexity index is 413. The average molecular weight is 267 g/mol. The molecule has 0 bridgehead atoms. The number of fused-ring (bicyclic) bond motifs is 1. The fourth-order valence-electron chi connectivity index (χ4n) is 2.88. The number of hydrogen-bond donors (Lipinski definition) is 2. The van der Waals surface area contributed by atoms with Gasteiger partial charge in [-0.1, -0.05) is 24.6 Å². The molecule has 1 aliphatic rings. The van der Waals surface area contributed by atoms with Crippen molar-refractivity contribution in [1.82, 2.24) is 0 Å². The van der Waals surface area contributed by atoms with E-state index in [4.69, 9.17) is 23.1 Å². The molecule has 0 radical (unpaired) electrons. The molecule has 1 aliphatic carbocycles. The summed E-state index contributed by atoms with van der Waals surface area (Å²) in [6, 6.07) is 4.45. The topological polar surface area (TPSA) is 52.0 Å². The van der Waals surface area contributed by atoms with E-state index in [2.05, 4.69) is 19.1 Å². The summed E-state index contributed by atoms with van der Waals surface area (Å²) in [4.78, 5) is 0. The zero-order valence-corrected chi connectivity index (χ0v) is 11.8. The van der Waals surface area contributed by atoms with Gasteiger partial charge >= 0.3 is 0 Å². The van der Waals surface area contributed by atoms with Crippen molar-refractivity contribution in [3.05, 3.63) is 33.8 Å². The number of hydrogen-bond acceptors (Lipinski definition) is 2. The second-order valence-corrected chi connectivity index (χ2v) is 5.78. The first-order chi connectivity index (χ1) is 8.67. The van der Waals surface area contributed by atoms with E-state index in [1.807, 2.05) is 0 Å². The smallest absolute Gasteiger partial charge is 0.0443 e. The SMILES string of the molecule is CC(c1cc2c(cc1Cl)CCCC2)C(CN)CN. The van der Waals surface area contributed by atoms with Gasteiger partial charge in [-0.3, -0.25) is 0 Å². The lowest BCUT2D eigenvalue weighted by molar-refractivity contribution is 0.466. The molecule has 0 spiro atoms. The van der Waals surface area contributed by atoms with Crippen LogP contribution in [0.25, 0.3) is 0 Å². The van der Waals surface area contributed by atoms with Crippen LogP contribution in [0.2, 0.25) is 5.02 Å². The zero-order valence-electron chi connectivity index (χ0n) is 11.1. The van der Waals surface area contributed by atoms with E-state index in [-0.39, 0.29) is 0 Å². The van der Waals surface area contributed by atoms with Crippen molar-refractivity contribution in [1.29, 1.82) is 0 Å². The van der Waals surface area contributed by atoms with Gasteiger partial charge in [-0.05, 0) is 73.4 Å². The van der Waals surface area contributed by atoms with E-state index in [0.717, 1.165) is 5.02 Å². The molecular formula is C15H23ClN2. The fraction of sp³-hybridized carbons (Fsp3) is 0.600. The average Bonchev–Trinajstić information content (AvgIpc) is 2.39. The standard InChI is InChI=1S/C15H23ClN2/c1-10(13(8-17)9-18)14-6-11-4-2-3-5-12(11)7-15(14)16/h6-7,10,13H,2-5,8-9,17-18H2,1H3. The van der Waals surface area contributed by atoms with Gasteiger partial charge in [0.15, 0.2) is 0 Å². The van der Waals surface area contributed by atoms with Crippen LogP contribution in [0.1, 0.15) is 42.4 Å². The van der Waals surface area contributed by atoms with Crippen LogP contribution in [0.4, 0.5) is 0 Å². The molecule has 18 heavy (non-hydrogen) atoms. The Morgan fingerprint density at radius 2 is 1.67 bits per heavy atom. The maximum Gasteiger partial charge on any atom is 0.0443 e. The lowest BCUT2D eigenvalue weighted by Gasteiger charge is -2.25. The minimum atomic E-state index is 0.309. The second-order valence-electron chi connectivity index (χ2n) is 5.37. The summed E-state index contributed by atoms with van der Waals surface area (Å²) in [5, 5.41) is 0.884. The van der Waals surface area contributed by atoms with Crippen LogP contribution >= 0.6 is 11.6 Å². The predicted octanol–water partition coefficient (Wildman–Crippen LogP) is 2.86. The minimum absolute atomic E-state index is 0.309. The van der Waals surface area contributed by atoms with Crippen LogP contribution in [0.3, 0.4) is 0 Å². The molecule has 2 nitrogen and oxygen atoms in total. The Balaban J connectivity index is 2.32. The second kappa shape index (κ2) is 6.05. The highest BCUT2D eigenvalue weighted by Crippen LogP contribution is 2.34. The molecule has 0 heterocycles. The highest BCUT2D eigenvalue weighted by Gasteiger charge is 2.21. The Hall–Kier alpha value is -0.570. The van der Waals surface area contributed by atoms with Crippen LogP contribution < -0.4 is 11.5 Å². The molecule has 1 atom stereocenters. The predicted molar refractivity (Wildman–Crippen MR) is 78.1 cm³/mol. The summed E-state index contributed by atoms with van der Waals surface area (Å²) in [6.07, 6.45) is 4.93. The Morgan fingerprint density at radius 3 is 2.22 bits per heavy atom. The van der Waals surface area contributed by atoms with Gasteiger partial charge < -0.3 is 11.5 Å². The lowest BCUT2D eigenvalue weighted by Crippen LogP contribution is -2.28. The van der Waals surface area contributed by atoms with E-state index in [1.54, 1.807) is 0 Å². The number of aryl methyl sites for hydroxylation is 2. The molecule has 1 unspecified atom stereocenters. The van der Waals surface area contributed by atoms with Crippen LogP contribution in [-0.4, -0.2) is 13.1 Å². The molecule has 1 aromatic carbocycles. The quantitative estimate of drug-likeness (QED) is 0.881. The Kier molecular flexibility index (Phi) is 4.66. The summed E-state index contributed by atoms with van der Waals surface area (Å²) < 4.78 is 0. The summed E-state index contributed by atoms with van der Waals surface area (Å²) in [5.41, 5.74) is 15.7. The Labute approximate surface area is 115 Å². The fourth-order valence-corrected chi connectivity index (χ4v) is 3.24. The highest BCUT2D eigenvalue weighted by molar-refractivity contribution is 6.31. The molecule has 0 aliphatic heterocycles. The van der Waals surface area contributed by atoms with Gasteiger partial charge in [-0.2, -0.15) is 0 Å². The third-order valence-electron chi connectivity index (χ3n) is 4.26. The number of rotatable bonds is 4. The van der Waals surface area contributed by atoms with Gasteiger partial charge in [0.2, 0.25) is 0 Å². The van der Waals surface area contributed by atoms with Gasteiger partial charge in [0.1, 0.15) is 0 Å². The normalized spacial score (nSPS) is 16.7. The van der Waals surface area contributed by atoms with Crippen molar-refractivity contribution < 1.29 is 0 Å². The first kappa shape index (κ1) is 13.9. The molecule has 0 aromatic heterocycles. The minimum Gasteiger partial charge on any atom is -0.330 e. The molecule has 4 N–H and O–H groups in total. The lowest BCUT2D eigenvalue weighted by atomic mass is 9.83. The molecule has 3 heteroatoms. The van der Waals surface area contributed by atoms with Crippen LogP contribution in [0.15, 0.2) is 12.1 Å². The third kappa shape index (κ3) is 2.71. The molecule has 0 fully saturated rings. The van der Waals surface area contributed by atoms with Crippen molar-refractivity contribution in [3.8, 4) is 0 Å². The van der Waals surface area contributed by atoms with E-state index < -0.39 is 0 Å². The summed E-state index contributed by atoms with van der Waals surface area (Å²) in [5.74, 6) is 0.642. The largest absolute Gasteiger partial charge is 0.330 e. The van der Waals surface area contributed by atoms with Gasteiger partial charge in [0, 0.05) is 5.02 Å². The van der Waals surface area contributed by atoms with Crippen LogP contribution in [0.5, 0.6) is 0 Å². The maximum absolute atomic E-state index is 6.43. The zero-order chi connectivity index (χ0) is 13.1. The van der Waals surface area contributed by atoms with E-state index in [1.165, 1.54) is 42.4 Å². The number of benzene rings is 1. The Morgan fingerprint density at radius 1 is 1.11 bits per heavy atom. The van der Waals surface area contributed by atoms with Crippen molar-refractivity contribution in [2.75, 3.05) is 13.1 Å². The summed E-state index contributed by atoms with van der Waals surface area (Å²) >= 11 is 6.43. The first-order valence-corrected chi connectivity index (χ1v) is 7.26. The van der Waals surface area contributed by atoms with Crippen molar-refractivity contribution in [3.63, 3.8) is 0 Å².